The van der Waals surface area contributed by atoms with Crippen molar-refractivity contribution in [3.05, 3.63) is 29.6 Å². The molecule has 2 rings (SSSR count). The Hall–Kier alpha value is -2.04. The monoisotopic (exact) mass is 206 g/mol. The van der Waals surface area contributed by atoms with Gasteiger partial charge in [-0.2, -0.15) is 0 Å². The third kappa shape index (κ3) is 1.41. The number of carbonyl (C=O) groups is 1. The Morgan fingerprint density at radius 2 is 2.27 bits per heavy atom. The minimum absolute atomic E-state index is 0.171. The van der Waals surface area contributed by atoms with Crippen molar-refractivity contribution >= 4 is 11.6 Å². The Kier molecular flexibility index (Phi) is 2.07. The first-order chi connectivity index (χ1) is 7.13. The van der Waals surface area contributed by atoms with Gasteiger partial charge in [-0.25, -0.2) is 9.78 Å². The fourth-order valence-electron chi connectivity index (χ4n) is 1.50. The topological polar surface area (TPSA) is 63.8 Å². The quantitative estimate of drug-likeness (QED) is 0.805. The Bertz CT molecular complexity index is 531. The SMILES string of the molecule is COc1cc(C(=O)O)cc2ncc(C)n12. The number of methoxy groups -OCH3 is 1. The van der Waals surface area contributed by atoms with Crippen LogP contribution in [0.2, 0.25) is 0 Å². The number of fused-ring (bicyclic) bond motifs is 1. The van der Waals surface area contributed by atoms with Crippen molar-refractivity contribution in [1.82, 2.24) is 9.38 Å². The van der Waals surface area contributed by atoms with Crippen molar-refractivity contribution < 1.29 is 14.6 Å². The van der Waals surface area contributed by atoms with Gasteiger partial charge in [-0.05, 0) is 13.0 Å². The summed E-state index contributed by atoms with van der Waals surface area (Å²) < 4.78 is 6.87. The third-order valence-corrected chi connectivity index (χ3v) is 2.21. The number of rotatable bonds is 2. The third-order valence-electron chi connectivity index (χ3n) is 2.21. The second-order valence-corrected chi connectivity index (χ2v) is 3.18. The zero-order valence-corrected chi connectivity index (χ0v) is 8.39. The van der Waals surface area contributed by atoms with Crippen LogP contribution in [0.5, 0.6) is 5.88 Å². The average molecular weight is 206 g/mol. The van der Waals surface area contributed by atoms with E-state index in [1.165, 1.54) is 19.2 Å². The predicted molar refractivity (Wildman–Crippen MR) is 53.4 cm³/mol. The standard InChI is InChI=1S/C10H10N2O3/c1-6-5-11-8-3-7(10(13)14)4-9(15-2)12(6)8/h3-5H,1-2H3,(H,13,14). The van der Waals surface area contributed by atoms with E-state index in [1.807, 2.05) is 6.92 Å². The van der Waals surface area contributed by atoms with Gasteiger partial charge in [0.25, 0.3) is 0 Å². The van der Waals surface area contributed by atoms with Gasteiger partial charge in [0.15, 0.2) is 5.88 Å². The van der Waals surface area contributed by atoms with Crippen LogP contribution in [0.3, 0.4) is 0 Å². The summed E-state index contributed by atoms with van der Waals surface area (Å²) in [7, 11) is 1.50. The second kappa shape index (κ2) is 3.27. The minimum atomic E-state index is -0.989. The number of aryl methyl sites for hydroxylation is 1. The zero-order chi connectivity index (χ0) is 11.0. The number of aromatic nitrogens is 2. The molecule has 0 atom stereocenters. The Balaban J connectivity index is 2.79. The molecule has 5 heteroatoms. The van der Waals surface area contributed by atoms with Gasteiger partial charge < -0.3 is 9.84 Å². The summed E-state index contributed by atoms with van der Waals surface area (Å²) in [5, 5.41) is 8.88. The molecule has 1 N–H and O–H groups in total. The number of hydrogen-bond donors (Lipinski definition) is 1. The molecule has 0 aliphatic carbocycles. The van der Waals surface area contributed by atoms with Crippen molar-refractivity contribution in [2.45, 2.75) is 6.92 Å². The van der Waals surface area contributed by atoms with Crippen LogP contribution in [0.25, 0.3) is 5.65 Å². The first-order valence-electron chi connectivity index (χ1n) is 4.39. The molecule has 0 amide bonds. The fraction of sp³-hybridized carbons (Fsp3) is 0.200. The van der Waals surface area contributed by atoms with Crippen molar-refractivity contribution in [3.8, 4) is 5.88 Å². The molecule has 0 radical (unpaired) electrons. The van der Waals surface area contributed by atoms with Gasteiger partial charge in [-0.15, -0.1) is 0 Å². The lowest BCUT2D eigenvalue weighted by Gasteiger charge is -2.06. The summed E-state index contributed by atoms with van der Waals surface area (Å²) in [5.74, 6) is -0.517. The average Bonchev–Trinajstić information content (AvgIpc) is 2.59. The van der Waals surface area contributed by atoms with E-state index in [-0.39, 0.29) is 5.56 Å². The maximum atomic E-state index is 10.8. The first-order valence-corrected chi connectivity index (χ1v) is 4.39. The summed E-state index contributed by atoms with van der Waals surface area (Å²) in [6, 6.07) is 2.99. The van der Waals surface area contributed by atoms with Gasteiger partial charge in [0.2, 0.25) is 0 Å². The lowest BCUT2D eigenvalue weighted by molar-refractivity contribution is 0.0696. The number of nitrogens with zero attached hydrogens (tertiary/aromatic N) is 2. The maximum absolute atomic E-state index is 10.8. The molecule has 2 aromatic rings. The van der Waals surface area contributed by atoms with Crippen LogP contribution in [0.4, 0.5) is 0 Å². The van der Waals surface area contributed by atoms with E-state index >= 15 is 0 Å². The second-order valence-electron chi connectivity index (χ2n) is 3.18. The van der Waals surface area contributed by atoms with Crippen molar-refractivity contribution in [1.29, 1.82) is 0 Å². The molecule has 0 bridgehead atoms. The van der Waals surface area contributed by atoms with Crippen molar-refractivity contribution in [3.63, 3.8) is 0 Å². The van der Waals surface area contributed by atoms with E-state index in [1.54, 1.807) is 10.6 Å². The molecule has 2 heterocycles. The molecular weight excluding hydrogens is 196 g/mol. The van der Waals surface area contributed by atoms with E-state index in [0.29, 0.717) is 11.5 Å². The van der Waals surface area contributed by atoms with Gasteiger partial charge in [-0.1, -0.05) is 0 Å². The molecule has 0 saturated heterocycles. The molecule has 0 unspecified atom stereocenters. The number of ether oxygens (including phenoxy) is 1. The van der Waals surface area contributed by atoms with E-state index in [4.69, 9.17) is 9.84 Å². The molecule has 0 spiro atoms. The summed E-state index contributed by atoms with van der Waals surface area (Å²) in [5.41, 5.74) is 1.65. The lowest BCUT2D eigenvalue weighted by atomic mass is 10.2. The highest BCUT2D eigenvalue weighted by molar-refractivity contribution is 5.89. The molecule has 2 aromatic heterocycles. The smallest absolute Gasteiger partial charge is 0.336 e. The van der Waals surface area contributed by atoms with Gasteiger partial charge in [0.1, 0.15) is 5.65 Å². The number of carboxylic acid groups (broad SMARTS) is 1. The molecule has 15 heavy (non-hydrogen) atoms. The van der Waals surface area contributed by atoms with E-state index in [9.17, 15) is 4.79 Å². The van der Waals surface area contributed by atoms with Crippen molar-refractivity contribution in [2.24, 2.45) is 0 Å². The fourth-order valence-corrected chi connectivity index (χ4v) is 1.50. The highest BCUT2D eigenvalue weighted by Gasteiger charge is 2.11. The molecule has 0 aromatic carbocycles. The van der Waals surface area contributed by atoms with Gasteiger partial charge in [0, 0.05) is 18.0 Å². The normalized spacial score (nSPS) is 10.5. The van der Waals surface area contributed by atoms with Crippen LogP contribution in [0, 0.1) is 6.92 Å². The van der Waals surface area contributed by atoms with E-state index in [2.05, 4.69) is 4.98 Å². The number of hydrogen-bond acceptors (Lipinski definition) is 3. The largest absolute Gasteiger partial charge is 0.482 e. The van der Waals surface area contributed by atoms with Gasteiger partial charge in [-0.3, -0.25) is 4.40 Å². The molecule has 5 nitrogen and oxygen atoms in total. The summed E-state index contributed by atoms with van der Waals surface area (Å²) in [6.45, 7) is 1.88. The van der Waals surface area contributed by atoms with E-state index in [0.717, 1.165) is 5.69 Å². The van der Waals surface area contributed by atoms with Crippen LogP contribution < -0.4 is 4.74 Å². The molecule has 78 valence electrons. The van der Waals surface area contributed by atoms with E-state index < -0.39 is 5.97 Å². The lowest BCUT2D eigenvalue weighted by Crippen LogP contribution is -2.02. The minimum Gasteiger partial charge on any atom is -0.482 e. The van der Waals surface area contributed by atoms with Crippen LogP contribution in [-0.4, -0.2) is 27.6 Å². The molecule has 0 aliphatic heterocycles. The Morgan fingerprint density at radius 1 is 1.53 bits per heavy atom. The molecular formula is C10H10N2O3. The summed E-state index contributed by atoms with van der Waals surface area (Å²) in [6.07, 6.45) is 1.67. The molecule has 0 fully saturated rings. The highest BCUT2D eigenvalue weighted by Crippen LogP contribution is 2.19. The van der Waals surface area contributed by atoms with Crippen LogP contribution in [-0.2, 0) is 0 Å². The highest BCUT2D eigenvalue weighted by atomic mass is 16.5. The van der Waals surface area contributed by atoms with Crippen LogP contribution >= 0.6 is 0 Å². The number of pyridine rings is 1. The van der Waals surface area contributed by atoms with Crippen LogP contribution in [0.15, 0.2) is 18.3 Å². The van der Waals surface area contributed by atoms with Gasteiger partial charge in [0.05, 0.1) is 12.7 Å². The summed E-state index contributed by atoms with van der Waals surface area (Å²) in [4.78, 5) is 14.9. The summed E-state index contributed by atoms with van der Waals surface area (Å²) >= 11 is 0. The Labute approximate surface area is 85.9 Å². The predicted octanol–water partition coefficient (Wildman–Crippen LogP) is 1.35. The molecule has 0 saturated carbocycles. The maximum Gasteiger partial charge on any atom is 0.336 e. The first kappa shape index (κ1) is 9.51. The van der Waals surface area contributed by atoms with Gasteiger partial charge >= 0.3 is 5.97 Å². The Morgan fingerprint density at radius 3 is 2.87 bits per heavy atom. The zero-order valence-electron chi connectivity index (χ0n) is 8.39. The van der Waals surface area contributed by atoms with Crippen LogP contribution in [0.1, 0.15) is 16.1 Å². The number of carboxylic acids is 1. The number of aromatic carboxylic acids is 1. The van der Waals surface area contributed by atoms with Crippen molar-refractivity contribution in [2.75, 3.05) is 7.11 Å². The number of imidazole rings is 1. The molecule has 0 aliphatic rings.